The largest absolute Gasteiger partial charge is 0.361 e. The van der Waals surface area contributed by atoms with Crippen LogP contribution in [0.15, 0.2) is 0 Å². The molecule has 82 valence electrons. The number of carbonyl (C=O) groups is 2. The second-order valence-electron chi connectivity index (χ2n) is 4.05. The van der Waals surface area contributed by atoms with E-state index >= 15 is 0 Å². The third kappa shape index (κ3) is 2.13. The minimum Gasteiger partial charge on any atom is -0.361 e. The Morgan fingerprint density at radius 2 is 2.27 bits per heavy atom. The Balaban J connectivity index is 3.00. The van der Waals surface area contributed by atoms with Gasteiger partial charge in [-0.3, -0.25) is 9.59 Å². The van der Waals surface area contributed by atoms with E-state index in [0.29, 0.717) is 6.42 Å². The van der Waals surface area contributed by atoms with E-state index in [1.54, 1.807) is 0 Å². The molecular weight excluding hydrogens is 194 g/mol. The van der Waals surface area contributed by atoms with Crippen molar-refractivity contribution in [3.63, 3.8) is 0 Å². The van der Waals surface area contributed by atoms with Crippen LogP contribution < -0.4 is 5.32 Å². The second-order valence-corrected chi connectivity index (χ2v) is 4.05. The third-order valence-electron chi connectivity index (χ3n) is 3.06. The lowest BCUT2D eigenvalue weighted by atomic mass is 9.84. The van der Waals surface area contributed by atoms with Gasteiger partial charge in [-0.2, -0.15) is 4.79 Å². The third-order valence-corrected chi connectivity index (χ3v) is 3.06. The predicted octanol–water partition coefficient (Wildman–Crippen LogP) is 0.551. The fraction of sp³-hybridized carbons (Fsp3) is 0.700. The van der Waals surface area contributed by atoms with E-state index in [4.69, 9.17) is 5.53 Å². The predicted molar refractivity (Wildman–Crippen MR) is 54.3 cm³/mol. The van der Waals surface area contributed by atoms with Gasteiger partial charge in [0.2, 0.25) is 5.91 Å². The van der Waals surface area contributed by atoms with Crippen molar-refractivity contribution in [2.45, 2.75) is 38.6 Å². The van der Waals surface area contributed by atoms with E-state index in [1.165, 1.54) is 6.92 Å². The van der Waals surface area contributed by atoms with Gasteiger partial charge in [-0.05, 0) is 18.8 Å². The zero-order valence-electron chi connectivity index (χ0n) is 8.99. The van der Waals surface area contributed by atoms with E-state index < -0.39 is 5.54 Å². The van der Waals surface area contributed by atoms with Crippen molar-refractivity contribution in [2.75, 3.05) is 0 Å². The van der Waals surface area contributed by atoms with Gasteiger partial charge in [-0.15, -0.1) is 0 Å². The van der Waals surface area contributed by atoms with Crippen molar-refractivity contribution in [1.29, 1.82) is 0 Å². The quantitative estimate of drug-likeness (QED) is 0.418. The maximum Gasteiger partial charge on any atom is 0.325 e. The highest BCUT2D eigenvalue weighted by atomic mass is 16.2. The molecule has 1 amide bonds. The summed E-state index contributed by atoms with van der Waals surface area (Å²) in [5.41, 5.74) is 7.50. The van der Waals surface area contributed by atoms with Gasteiger partial charge < -0.3 is 10.8 Å². The van der Waals surface area contributed by atoms with Gasteiger partial charge in [0.1, 0.15) is 5.54 Å². The normalized spacial score (nSPS) is 29.3. The molecule has 0 spiro atoms. The van der Waals surface area contributed by atoms with Crippen LogP contribution >= 0.6 is 0 Å². The van der Waals surface area contributed by atoms with Crippen LogP contribution in [0.3, 0.4) is 0 Å². The van der Waals surface area contributed by atoms with Crippen molar-refractivity contribution < 1.29 is 14.4 Å². The van der Waals surface area contributed by atoms with Crippen LogP contribution in [0.4, 0.5) is 0 Å². The molecule has 0 radical (unpaired) electrons. The van der Waals surface area contributed by atoms with Gasteiger partial charge in [0.05, 0.1) is 0 Å². The van der Waals surface area contributed by atoms with Crippen molar-refractivity contribution in [1.82, 2.24) is 5.32 Å². The topological polar surface area (TPSA) is 82.6 Å². The molecule has 15 heavy (non-hydrogen) atoms. The highest BCUT2D eigenvalue weighted by Crippen LogP contribution is 2.35. The summed E-state index contributed by atoms with van der Waals surface area (Å²) in [6.45, 7) is 3.31. The van der Waals surface area contributed by atoms with Crippen LogP contribution in [0.5, 0.6) is 0 Å². The van der Waals surface area contributed by atoms with Gasteiger partial charge in [0, 0.05) is 6.92 Å². The lowest BCUT2D eigenvalue weighted by Crippen LogP contribution is -2.56. The van der Waals surface area contributed by atoms with Crippen LogP contribution in [0.1, 0.15) is 33.1 Å². The van der Waals surface area contributed by atoms with Crippen molar-refractivity contribution in [2.24, 2.45) is 5.92 Å². The van der Waals surface area contributed by atoms with Gasteiger partial charge in [0.15, 0.2) is 0 Å². The minimum absolute atomic E-state index is 0.0758. The van der Waals surface area contributed by atoms with E-state index in [1.807, 2.05) is 6.92 Å². The van der Waals surface area contributed by atoms with Gasteiger partial charge in [0.25, 0.3) is 5.78 Å². The summed E-state index contributed by atoms with van der Waals surface area (Å²) in [5, 5.41) is 2.70. The van der Waals surface area contributed by atoms with E-state index in [9.17, 15) is 9.59 Å². The highest BCUT2D eigenvalue weighted by molar-refractivity contribution is 6.30. The molecule has 0 aromatic rings. The number of hydrogen-bond donors (Lipinski definition) is 1. The minimum atomic E-state index is -0.863. The summed E-state index contributed by atoms with van der Waals surface area (Å²) in [7, 11) is 0. The smallest absolute Gasteiger partial charge is 0.325 e. The second kappa shape index (κ2) is 4.36. The summed E-state index contributed by atoms with van der Waals surface area (Å²) in [4.78, 5) is 25.6. The van der Waals surface area contributed by atoms with Gasteiger partial charge in [-0.1, -0.05) is 13.3 Å². The van der Waals surface area contributed by atoms with E-state index in [0.717, 1.165) is 19.1 Å². The standard InChI is InChI=1S/C10H15N3O2/c1-7-4-3-5-10(7,13-8(2)14)9(15)6-12-11/h6-7H,3-5H2,1-2H3,(H,13,14)/t7-,10-/m1/s1. The lowest BCUT2D eigenvalue weighted by molar-refractivity contribution is -0.130. The average molecular weight is 209 g/mol. The number of hydrogen-bond acceptors (Lipinski definition) is 2. The summed E-state index contributed by atoms with van der Waals surface area (Å²) >= 11 is 0. The Labute approximate surface area is 88.5 Å². The molecule has 0 saturated heterocycles. The summed E-state index contributed by atoms with van der Waals surface area (Å²) in [6.07, 6.45) is 3.27. The number of nitrogens with zero attached hydrogens (tertiary/aromatic N) is 2. The van der Waals surface area contributed by atoms with Gasteiger partial charge in [-0.25, -0.2) is 0 Å². The number of ketones is 1. The Morgan fingerprint density at radius 3 is 2.67 bits per heavy atom. The first kappa shape index (κ1) is 11.6. The first-order chi connectivity index (χ1) is 7.03. The maximum absolute atomic E-state index is 11.8. The Morgan fingerprint density at radius 1 is 1.60 bits per heavy atom. The lowest BCUT2D eigenvalue weighted by Gasteiger charge is -2.30. The van der Waals surface area contributed by atoms with E-state index in [-0.39, 0.29) is 17.6 Å². The molecule has 0 aromatic carbocycles. The molecule has 1 rings (SSSR count). The van der Waals surface area contributed by atoms with Crippen LogP contribution in [0.25, 0.3) is 5.53 Å². The number of rotatable bonds is 3. The first-order valence-corrected chi connectivity index (χ1v) is 5.03. The molecule has 5 nitrogen and oxygen atoms in total. The molecular formula is C10H15N3O2. The van der Waals surface area contributed by atoms with Crippen molar-refractivity contribution in [3.8, 4) is 0 Å². The molecule has 1 N–H and O–H groups in total. The van der Waals surface area contributed by atoms with Crippen LogP contribution in [0, 0.1) is 5.92 Å². The molecule has 1 saturated carbocycles. The summed E-state index contributed by atoms with van der Waals surface area (Å²) in [5.74, 6) is -0.486. The Hall–Kier alpha value is -1.48. The molecule has 1 aliphatic carbocycles. The molecule has 0 aromatic heterocycles. The van der Waals surface area contributed by atoms with Crippen molar-refractivity contribution in [3.05, 3.63) is 5.53 Å². The molecule has 1 aliphatic rings. The maximum atomic E-state index is 11.8. The zero-order valence-corrected chi connectivity index (χ0v) is 8.99. The molecule has 0 aliphatic heterocycles. The van der Waals surface area contributed by atoms with Crippen LogP contribution in [0.2, 0.25) is 0 Å². The molecule has 0 heterocycles. The Kier molecular flexibility index (Phi) is 3.37. The van der Waals surface area contributed by atoms with Crippen molar-refractivity contribution >= 4 is 17.9 Å². The monoisotopic (exact) mass is 209 g/mol. The number of carbonyl (C=O) groups excluding carboxylic acids is 2. The zero-order chi connectivity index (χ0) is 11.5. The molecule has 5 heteroatoms. The average Bonchev–Trinajstić information content (AvgIpc) is 2.48. The fourth-order valence-electron chi connectivity index (χ4n) is 2.27. The molecule has 1 fully saturated rings. The van der Waals surface area contributed by atoms with Crippen LogP contribution in [-0.2, 0) is 9.59 Å². The molecule has 2 atom stereocenters. The fourth-order valence-corrected chi connectivity index (χ4v) is 2.27. The first-order valence-electron chi connectivity index (χ1n) is 5.03. The number of Topliss-reactive ketones (excluding diaryl/α,β-unsaturated/α-hetero) is 1. The number of amides is 1. The van der Waals surface area contributed by atoms with Crippen LogP contribution in [-0.4, -0.2) is 28.2 Å². The molecule has 0 bridgehead atoms. The SMILES string of the molecule is CC(=O)N[C@]1(C(=O)C=[N+]=[N-])CCC[C@H]1C. The number of nitrogens with one attached hydrogen (secondary N) is 1. The summed E-state index contributed by atoms with van der Waals surface area (Å²) in [6, 6.07) is 0. The molecule has 0 unspecified atom stereocenters. The Bertz CT molecular complexity index is 334. The van der Waals surface area contributed by atoms with E-state index in [2.05, 4.69) is 10.1 Å². The highest BCUT2D eigenvalue weighted by Gasteiger charge is 2.48. The van der Waals surface area contributed by atoms with Gasteiger partial charge >= 0.3 is 6.21 Å². The summed E-state index contributed by atoms with van der Waals surface area (Å²) < 4.78 is 0.